The van der Waals surface area contributed by atoms with Crippen molar-refractivity contribution in [3.05, 3.63) is 194 Å². The summed E-state index contributed by atoms with van der Waals surface area (Å²) in [5.74, 6) is 0. The van der Waals surface area contributed by atoms with E-state index in [0.29, 0.717) is 0 Å². The molecule has 13 aromatic rings. The molecule has 0 unspecified atom stereocenters. The number of rotatable bonds is 4. The molecule has 0 aliphatic heterocycles. The van der Waals surface area contributed by atoms with Crippen LogP contribution in [0.5, 0.6) is 0 Å². The van der Waals surface area contributed by atoms with Crippen LogP contribution in [0.1, 0.15) is 0 Å². The Hall–Kier alpha value is -7.82. The van der Waals surface area contributed by atoms with Crippen LogP contribution < -0.4 is 0 Å². The average Bonchev–Trinajstić information content (AvgIpc) is 4.03. The summed E-state index contributed by atoms with van der Waals surface area (Å²) < 4.78 is 18.3. The van der Waals surface area contributed by atoms with Crippen molar-refractivity contribution in [3.8, 4) is 33.6 Å². The number of para-hydroxylation sites is 6. The van der Waals surface area contributed by atoms with Crippen LogP contribution in [0.25, 0.3) is 121 Å². The Morgan fingerprint density at radius 2 is 0.638 bits per heavy atom. The van der Waals surface area contributed by atoms with Crippen LogP contribution in [0.2, 0.25) is 0 Å². The zero-order chi connectivity index (χ0) is 37.9. The molecule has 0 aliphatic carbocycles. The van der Waals surface area contributed by atoms with Gasteiger partial charge in [0.15, 0.2) is 0 Å². The summed E-state index contributed by atoms with van der Waals surface area (Å²) >= 11 is 0. The zero-order valence-electron chi connectivity index (χ0n) is 31.2. The van der Waals surface area contributed by atoms with Gasteiger partial charge in [0.05, 0.1) is 22.1 Å². The van der Waals surface area contributed by atoms with E-state index < -0.39 is 0 Å². The molecule has 0 atom stereocenters. The first-order valence-corrected chi connectivity index (χ1v) is 19.8. The van der Waals surface area contributed by atoms with E-state index in [1.54, 1.807) is 0 Å². The van der Waals surface area contributed by atoms with Gasteiger partial charge in [-0.3, -0.25) is 0 Å². The Labute approximate surface area is 332 Å². The Morgan fingerprint density at radius 3 is 1.05 bits per heavy atom. The van der Waals surface area contributed by atoms with Crippen LogP contribution in [0.3, 0.4) is 0 Å². The lowest BCUT2D eigenvalue weighted by atomic mass is 10.00. The van der Waals surface area contributed by atoms with Gasteiger partial charge in [-0.05, 0) is 65.7 Å². The van der Waals surface area contributed by atoms with Gasteiger partial charge in [0, 0.05) is 71.7 Å². The summed E-state index contributed by atoms with van der Waals surface area (Å²) in [6.07, 6.45) is 0. The molecular weight excluding hydrogens is 709 g/mol. The van der Waals surface area contributed by atoms with Crippen molar-refractivity contribution < 1.29 is 8.83 Å². The molecule has 0 fully saturated rings. The van der Waals surface area contributed by atoms with Crippen LogP contribution in [-0.2, 0) is 0 Å². The lowest BCUT2D eigenvalue weighted by Crippen LogP contribution is -1.94. The maximum atomic E-state index is 6.79. The summed E-state index contributed by atoms with van der Waals surface area (Å²) in [6.45, 7) is 0. The monoisotopic (exact) mass is 740 g/mol. The topological polar surface area (TPSA) is 36.1 Å². The third-order valence-electron chi connectivity index (χ3n) is 12.1. The summed E-state index contributed by atoms with van der Waals surface area (Å²) in [6, 6.07) is 69.4. The first kappa shape index (κ1) is 31.4. The summed E-state index contributed by atoms with van der Waals surface area (Å²) in [4.78, 5) is 0. The van der Waals surface area contributed by atoms with Gasteiger partial charge in [0.2, 0.25) is 0 Å². The highest BCUT2D eigenvalue weighted by atomic mass is 16.3. The quantitative estimate of drug-likeness (QED) is 0.180. The lowest BCUT2D eigenvalue weighted by molar-refractivity contribution is 0.657. The van der Waals surface area contributed by atoms with Crippen molar-refractivity contribution in [3.63, 3.8) is 0 Å². The predicted octanol–water partition coefficient (Wildman–Crippen LogP) is 15.0. The van der Waals surface area contributed by atoms with Crippen molar-refractivity contribution in [2.24, 2.45) is 0 Å². The van der Waals surface area contributed by atoms with E-state index in [-0.39, 0.29) is 0 Å². The molecule has 4 heteroatoms. The summed E-state index contributed by atoms with van der Waals surface area (Å²) in [5.41, 5.74) is 14.7. The number of fused-ring (bicyclic) bond motifs is 12. The number of benzene rings is 9. The predicted molar refractivity (Wildman–Crippen MR) is 241 cm³/mol. The standard InChI is InChI=1S/C54H32N2O2/c1-5-25-47-39(17-1)40-18-2-6-26-48(40)55(47)35-15-9-13-33(29-35)37-21-11-23-43-45-31-46-44-24-12-22-38(54(44)58-52(46)32-51(45)57-53(37)43)34-14-10-16-36(30-34)56-49-27-7-3-19-41(49)42-20-4-8-28-50(42)56/h1-32H. The average molecular weight is 741 g/mol. The minimum atomic E-state index is 0.808. The van der Waals surface area contributed by atoms with E-state index in [0.717, 1.165) is 77.5 Å². The maximum absolute atomic E-state index is 6.79. The number of aromatic nitrogens is 2. The van der Waals surface area contributed by atoms with Crippen LogP contribution in [-0.4, -0.2) is 9.13 Å². The first-order chi connectivity index (χ1) is 28.8. The van der Waals surface area contributed by atoms with E-state index >= 15 is 0 Å². The van der Waals surface area contributed by atoms with E-state index in [1.165, 1.54) is 43.6 Å². The van der Waals surface area contributed by atoms with Crippen molar-refractivity contribution in [1.29, 1.82) is 0 Å². The highest BCUT2D eigenvalue weighted by molar-refractivity contribution is 6.18. The van der Waals surface area contributed by atoms with E-state index in [2.05, 4.69) is 203 Å². The largest absolute Gasteiger partial charge is 0.455 e. The van der Waals surface area contributed by atoms with Gasteiger partial charge in [-0.1, -0.05) is 133 Å². The van der Waals surface area contributed by atoms with Gasteiger partial charge >= 0.3 is 0 Å². The maximum Gasteiger partial charge on any atom is 0.143 e. The summed E-state index contributed by atoms with van der Waals surface area (Å²) in [7, 11) is 0. The fourth-order valence-corrected chi connectivity index (χ4v) is 9.57. The fraction of sp³-hybridized carbons (Fsp3) is 0. The number of hydrogen-bond acceptors (Lipinski definition) is 2. The second kappa shape index (κ2) is 11.8. The van der Waals surface area contributed by atoms with Gasteiger partial charge in [0.25, 0.3) is 0 Å². The SMILES string of the molecule is c1cc(-c2cccc3c2oc2cc4oc5c(-c6cccc(-n7c8ccccc8c8ccccc87)c6)cccc5c4cc23)cc(-n2c3ccccc3c3ccccc32)c1. The minimum Gasteiger partial charge on any atom is -0.455 e. The Kier molecular flexibility index (Phi) is 6.41. The number of furan rings is 2. The van der Waals surface area contributed by atoms with Crippen LogP contribution >= 0.6 is 0 Å². The number of nitrogens with zero attached hydrogens (tertiary/aromatic N) is 2. The molecule has 0 N–H and O–H groups in total. The van der Waals surface area contributed by atoms with Crippen LogP contribution in [0.15, 0.2) is 203 Å². The molecule has 0 saturated heterocycles. The Morgan fingerprint density at radius 1 is 0.276 bits per heavy atom. The molecule has 4 nitrogen and oxygen atoms in total. The Balaban J connectivity index is 0.941. The third kappa shape index (κ3) is 4.40. The normalized spacial score (nSPS) is 12.1. The molecule has 4 heterocycles. The van der Waals surface area contributed by atoms with Crippen molar-refractivity contribution in [2.75, 3.05) is 0 Å². The van der Waals surface area contributed by atoms with Crippen molar-refractivity contribution >= 4 is 87.5 Å². The molecule has 4 aromatic heterocycles. The number of hydrogen-bond donors (Lipinski definition) is 0. The molecule has 0 amide bonds. The van der Waals surface area contributed by atoms with Gasteiger partial charge in [0.1, 0.15) is 22.3 Å². The second-order valence-corrected chi connectivity index (χ2v) is 15.3. The van der Waals surface area contributed by atoms with Crippen LogP contribution in [0, 0.1) is 0 Å². The van der Waals surface area contributed by atoms with E-state index in [4.69, 9.17) is 8.83 Å². The molecule has 13 rings (SSSR count). The zero-order valence-corrected chi connectivity index (χ0v) is 31.2. The molecule has 0 radical (unpaired) electrons. The van der Waals surface area contributed by atoms with Crippen molar-refractivity contribution in [2.45, 2.75) is 0 Å². The van der Waals surface area contributed by atoms with E-state index in [9.17, 15) is 0 Å². The first-order valence-electron chi connectivity index (χ1n) is 19.8. The van der Waals surface area contributed by atoms with Crippen LogP contribution in [0.4, 0.5) is 0 Å². The molecule has 0 saturated carbocycles. The Bertz CT molecular complexity index is 3460. The molecule has 0 aliphatic rings. The molecular formula is C54H32N2O2. The van der Waals surface area contributed by atoms with E-state index in [1.807, 2.05) is 0 Å². The highest BCUT2D eigenvalue weighted by Crippen LogP contribution is 2.43. The van der Waals surface area contributed by atoms with Gasteiger partial charge in [-0.2, -0.15) is 0 Å². The minimum absolute atomic E-state index is 0.808. The molecule has 0 spiro atoms. The second-order valence-electron chi connectivity index (χ2n) is 15.3. The molecule has 58 heavy (non-hydrogen) atoms. The molecule has 270 valence electrons. The van der Waals surface area contributed by atoms with Gasteiger partial charge in [-0.25, -0.2) is 0 Å². The molecule has 9 aromatic carbocycles. The van der Waals surface area contributed by atoms with Crippen molar-refractivity contribution in [1.82, 2.24) is 9.13 Å². The summed E-state index contributed by atoms with van der Waals surface area (Å²) in [5, 5.41) is 9.31. The highest BCUT2D eigenvalue weighted by Gasteiger charge is 2.20. The molecule has 0 bridgehead atoms. The van der Waals surface area contributed by atoms with Gasteiger partial charge < -0.3 is 18.0 Å². The van der Waals surface area contributed by atoms with Gasteiger partial charge in [-0.15, -0.1) is 0 Å². The third-order valence-corrected chi connectivity index (χ3v) is 12.1. The smallest absolute Gasteiger partial charge is 0.143 e. The fourth-order valence-electron chi connectivity index (χ4n) is 9.57. The lowest BCUT2D eigenvalue weighted by Gasteiger charge is -2.10.